The van der Waals surface area contributed by atoms with E-state index in [4.69, 9.17) is 5.11 Å². The fourth-order valence-electron chi connectivity index (χ4n) is 1.97. The minimum absolute atomic E-state index is 0.0334. The molecule has 6 nitrogen and oxygen atoms in total. The summed E-state index contributed by atoms with van der Waals surface area (Å²) in [5, 5.41) is 18.8. The van der Waals surface area contributed by atoms with Crippen molar-refractivity contribution in [3.05, 3.63) is 40.5 Å². The molecule has 4 N–H and O–H groups in total. The highest BCUT2D eigenvalue weighted by atomic mass is 79.9. The monoisotopic (exact) mass is 379 g/mol. The van der Waals surface area contributed by atoms with E-state index in [1.54, 1.807) is 6.20 Å². The molecule has 0 aliphatic heterocycles. The highest BCUT2D eigenvalue weighted by Crippen LogP contribution is 2.22. The Morgan fingerprint density at radius 3 is 2.91 bits per heavy atom. The molecule has 0 amide bonds. The summed E-state index contributed by atoms with van der Waals surface area (Å²) in [7, 11) is 0. The molecule has 0 bridgehead atoms. The number of aromatic nitrogens is 2. The van der Waals surface area contributed by atoms with Crippen LogP contribution in [0.4, 0.5) is 17.5 Å². The number of nitrogens with zero attached hydrogens (tertiary/aromatic N) is 2. The molecule has 0 saturated carbocycles. The summed E-state index contributed by atoms with van der Waals surface area (Å²) in [5.74, 6) is 1.15. The van der Waals surface area contributed by atoms with Crippen molar-refractivity contribution in [1.29, 1.82) is 0 Å². The van der Waals surface area contributed by atoms with E-state index >= 15 is 0 Å². The summed E-state index contributed by atoms with van der Waals surface area (Å²) in [6, 6.07) is 8.03. The van der Waals surface area contributed by atoms with E-state index in [9.17, 15) is 0 Å². The molecule has 0 aliphatic rings. The Hall–Kier alpha value is -1.70. The van der Waals surface area contributed by atoms with Crippen molar-refractivity contribution >= 4 is 33.4 Å². The Bertz CT molecular complexity index is 638. The van der Waals surface area contributed by atoms with E-state index in [0.717, 1.165) is 23.2 Å². The van der Waals surface area contributed by atoms with Crippen molar-refractivity contribution in [2.45, 2.75) is 26.4 Å². The summed E-state index contributed by atoms with van der Waals surface area (Å²) >= 11 is 3.41. The lowest BCUT2D eigenvalue weighted by Crippen LogP contribution is -2.20. The number of aliphatic hydroxyl groups excluding tert-OH is 1. The number of rotatable bonds is 8. The van der Waals surface area contributed by atoms with Crippen LogP contribution in [0, 0.1) is 0 Å². The minimum atomic E-state index is -0.0857. The van der Waals surface area contributed by atoms with Crippen LogP contribution in [0.3, 0.4) is 0 Å². The zero-order valence-corrected chi connectivity index (χ0v) is 14.9. The van der Waals surface area contributed by atoms with Gasteiger partial charge in [-0.1, -0.05) is 19.1 Å². The summed E-state index contributed by atoms with van der Waals surface area (Å²) < 4.78 is 0.754. The Morgan fingerprint density at radius 2 is 2.17 bits per heavy atom. The maximum absolute atomic E-state index is 9.15. The van der Waals surface area contributed by atoms with Gasteiger partial charge in [0, 0.05) is 24.5 Å². The Kier molecular flexibility index (Phi) is 6.76. The van der Waals surface area contributed by atoms with Gasteiger partial charge in [0.05, 0.1) is 11.1 Å². The average Bonchev–Trinajstić information content (AvgIpc) is 2.56. The van der Waals surface area contributed by atoms with Crippen LogP contribution < -0.4 is 16.0 Å². The number of nitrogens with one attached hydrogen (secondary N) is 3. The fourth-order valence-corrected chi connectivity index (χ4v) is 2.27. The standard InChI is InChI=1S/C16H22BrN5O/c1-3-18-8-12-5-4-6-13(7-12)21-16-19-9-14(17)15(22-16)20-11(2)10-23/h4-7,9,11,18,23H,3,8,10H2,1-2H3,(H2,19,20,21,22). The lowest BCUT2D eigenvalue weighted by Gasteiger charge is -2.14. The Morgan fingerprint density at radius 1 is 1.35 bits per heavy atom. The normalized spacial score (nSPS) is 12.0. The van der Waals surface area contributed by atoms with Crippen LogP contribution in [-0.4, -0.2) is 34.3 Å². The third kappa shape index (κ3) is 5.46. The van der Waals surface area contributed by atoms with Gasteiger partial charge in [0.2, 0.25) is 5.95 Å². The summed E-state index contributed by atoms with van der Waals surface area (Å²) in [6.07, 6.45) is 1.68. The molecule has 7 heteroatoms. The van der Waals surface area contributed by atoms with Crippen molar-refractivity contribution in [3.63, 3.8) is 0 Å². The molecule has 2 rings (SSSR count). The molecule has 0 aliphatic carbocycles. The lowest BCUT2D eigenvalue weighted by molar-refractivity contribution is 0.281. The summed E-state index contributed by atoms with van der Waals surface area (Å²) in [4.78, 5) is 8.71. The van der Waals surface area contributed by atoms with Crippen molar-refractivity contribution in [1.82, 2.24) is 15.3 Å². The largest absolute Gasteiger partial charge is 0.394 e. The number of hydrogen-bond acceptors (Lipinski definition) is 6. The van der Waals surface area contributed by atoms with Gasteiger partial charge in [0.1, 0.15) is 5.82 Å². The maximum Gasteiger partial charge on any atom is 0.229 e. The molecule has 0 saturated heterocycles. The molecule has 0 fully saturated rings. The van der Waals surface area contributed by atoms with Crippen LogP contribution in [0.25, 0.3) is 0 Å². The summed E-state index contributed by atoms with van der Waals surface area (Å²) in [5.41, 5.74) is 2.13. The second-order valence-electron chi connectivity index (χ2n) is 5.22. The molecule has 1 unspecified atom stereocenters. The predicted molar refractivity (Wildman–Crippen MR) is 97.0 cm³/mol. The molecule has 1 aromatic carbocycles. The predicted octanol–water partition coefficient (Wildman–Crippen LogP) is 2.88. The third-order valence-corrected chi connectivity index (χ3v) is 3.74. The molecule has 23 heavy (non-hydrogen) atoms. The van der Waals surface area contributed by atoms with Crippen molar-refractivity contribution in [3.8, 4) is 0 Å². The van der Waals surface area contributed by atoms with Crippen LogP contribution in [-0.2, 0) is 6.54 Å². The topological polar surface area (TPSA) is 82.1 Å². The number of benzene rings is 1. The molecule has 0 radical (unpaired) electrons. The zero-order chi connectivity index (χ0) is 16.7. The molecular weight excluding hydrogens is 358 g/mol. The zero-order valence-electron chi connectivity index (χ0n) is 13.3. The summed E-state index contributed by atoms with van der Waals surface area (Å²) in [6.45, 7) is 5.76. The van der Waals surface area contributed by atoms with E-state index in [1.807, 2.05) is 19.1 Å². The minimum Gasteiger partial charge on any atom is -0.394 e. The molecular formula is C16H22BrN5O. The second-order valence-corrected chi connectivity index (χ2v) is 6.08. The molecule has 0 spiro atoms. The van der Waals surface area contributed by atoms with E-state index in [0.29, 0.717) is 11.8 Å². The van der Waals surface area contributed by atoms with Crippen molar-refractivity contribution < 1.29 is 5.11 Å². The fraction of sp³-hybridized carbons (Fsp3) is 0.375. The molecule has 1 heterocycles. The second kappa shape index (κ2) is 8.81. The van der Waals surface area contributed by atoms with Crippen molar-refractivity contribution in [2.24, 2.45) is 0 Å². The van der Waals surface area contributed by atoms with Gasteiger partial charge in [-0.25, -0.2) is 4.98 Å². The SMILES string of the molecule is CCNCc1cccc(Nc2ncc(Br)c(NC(C)CO)n2)c1. The van der Waals surface area contributed by atoms with Gasteiger partial charge in [-0.2, -0.15) is 4.98 Å². The molecule has 124 valence electrons. The number of hydrogen-bond donors (Lipinski definition) is 4. The van der Waals surface area contributed by atoms with Gasteiger partial charge in [-0.3, -0.25) is 0 Å². The first kappa shape index (κ1) is 17.7. The van der Waals surface area contributed by atoms with Gasteiger partial charge in [-0.15, -0.1) is 0 Å². The number of aliphatic hydroxyl groups is 1. The van der Waals surface area contributed by atoms with Crippen LogP contribution in [0.5, 0.6) is 0 Å². The van der Waals surface area contributed by atoms with E-state index in [2.05, 4.69) is 60.9 Å². The van der Waals surface area contributed by atoms with E-state index < -0.39 is 0 Å². The quantitative estimate of drug-likeness (QED) is 0.564. The first-order chi connectivity index (χ1) is 11.1. The highest BCUT2D eigenvalue weighted by molar-refractivity contribution is 9.10. The van der Waals surface area contributed by atoms with E-state index in [1.165, 1.54) is 5.56 Å². The maximum atomic E-state index is 9.15. The smallest absolute Gasteiger partial charge is 0.229 e. The average molecular weight is 380 g/mol. The van der Waals surface area contributed by atoms with Crippen LogP contribution in [0.1, 0.15) is 19.4 Å². The highest BCUT2D eigenvalue weighted by Gasteiger charge is 2.08. The first-order valence-electron chi connectivity index (χ1n) is 7.59. The van der Waals surface area contributed by atoms with Crippen LogP contribution >= 0.6 is 15.9 Å². The molecule has 1 atom stereocenters. The number of halogens is 1. The van der Waals surface area contributed by atoms with Gasteiger partial charge in [0.15, 0.2) is 0 Å². The van der Waals surface area contributed by atoms with Gasteiger partial charge < -0.3 is 21.1 Å². The first-order valence-corrected chi connectivity index (χ1v) is 8.38. The Balaban J connectivity index is 2.12. The van der Waals surface area contributed by atoms with Gasteiger partial charge in [0.25, 0.3) is 0 Å². The van der Waals surface area contributed by atoms with Gasteiger partial charge in [-0.05, 0) is 47.1 Å². The number of anilines is 3. The van der Waals surface area contributed by atoms with Crippen molar-refractivity contribution in [2.75, 3.05) is 23.8 Å². The van der Waals surface area contributed by atoms with E-state index in [-0.39, 0.29) is 12.6 Å². The molecule has 2 aromatic rings. The van der Waals surface area contributed by atoms with Crippen LogP contribution in [0.2, 0.25) is 0 Å². The van der Waals surface area contributed by atoms with Gasteiger partial charge >= 0.3 is 0 Å². The third-order valence-electron chi connectivity index (χ3n) is 3.16. The van der Waals surface area contributed by atoms with Crippen LogP contribution in [0.15, 0.2) is 34.9 Å². The lowest BCUT2D eigenvalue weighted by atomic mass is 10.2. The molecule has 1 aromatic heterocycles. The Labute approximate surface area is 144 Å².